The molecule has 4 rings (SSSR count). The number of nitrogens with zero attached hydrogens (tertiary/aromatic N) is 3. The third kappa shape index (κ3) is 4.71. The van der Waals surface area contributed by atoms with Gasteiger partial charge in [0, 0.05) is 10.5 Å². The summed E-state index contributed by atoms with van der Waals surface area (Å²) in [6, 6.07) is 22.1. The Balaban J connectivity index is 1.62. The molecule has 0 bridgehead atoms. The molecule has 2 aromatic heterocycles. The summed E-state index contributed by atoms with van der Waals surface area (Å²) in [5.74, 6) is 1.94. The molecule has 0 aliphatic rings. The topological polar surface area (TPSA) is 59.9 Å². The lowest BCUT2D eigenvalue weighted by Crippen LogP contribution is -2.10. The Labute approximate surface area is 178 Å². The Morgan fingerprint density at radius 3 is 2.59 bits per heavy atom. The van der Waals surface area contributed by atoms with E-state index in [0.29, 0.717) is 29.6 Å². The summed E-state index contributed by atoms with van der Waals surface area (Å²) in [5, 5.41) is 3.48. The van der Waals surface area contributed by atoms with Crippen molar-refractivity contribution in [3.63, 3.8) is 0 Å². The van der Waals surface area contributed by atoms with Crippen molar-refractivity contribution in [3.8, 4) is 5.88 Å². The maximum Gasteiger partial charge on any atom is 0.214 e. The number of benzene rings is 2. The molecule has 1 unspecified atom stereocenters. The number of hydrogen-bond acceptors (Lipinski definition) is 5. The minimum atomic E-state index is 0.0562. The molecule has 0 saturated heterocycles. The predicted octanol–water partition coefficient (Wildman–Crippen LogP) is 5.85. The average Bonchev–Trinajstić information content (AvgIpc) is 2.73. The molecule has 0 fully saturated rings. The van der Waals surface area contributed by atoms with Gasteiger partial charge < -0.3 is 10.1 Å². The molecular formula is C23H21BrN4O. The summed E-state index contributed by atoms with van der Waals surface area (Å²) in [6.07, 6.45) is 0. The van der Waals surface area contributed by atoms with Crippen molar-refractivity contribution in [3.05, 3.63) is 88.2 Å². The lowest BCUT2D eigenvalue weighted by Gasteiger charge is -2.17. The number of anilines is 1. The highest BCUT2D eigenvalue weighted by Gasteiger charge is 2.13. The summed E-state index contributed by atoms with van der Waals surface area (Å²) in [5.41, 5.74) is 3.73. The number of hydrogen-bond donors (Lipinski definition) is 1. The first-order valence-corrected chi connectivity index (χ1v) is 10.2. The quantitative estimate of drug-likeness (QED) is 0.400. The Morgan fingerprint density at radius 1 is 0.966 bits per heavy atom. The monoisotopic (exact) mass is 448 g/mol. The van der Waals surface area contributed by atoms with Crippen LogP contribution in [0.15, 0.2) is 71.2 Å². The van der Waals surface area contributed by atoms with E-state index in [2.05, 4.69) is 55.3 Å². The zero-order valence-electron chi connectivity index (χ0n) is 16.3. The van der Waals surface area contributed by atoms with Crippen LogP contribution < -0.4 is 10.1 Å². The van der Waals surface area contributed by atoms with Gasteiger partial charge in [-0.2, -0.15) is 0 Å². The number of nitrogens with one attached hydrogen (secondary N) is 1. The summed E-state index contributed by atoms with van der Waals surface area (Å²) in [4.78, 5) is 13.8. The zero-order valence-corrected chi connectivity index (χ0v) is 17.8. The van der Waals surface area contributed by atoms with Gasteiger partial charge in [-0.05, 0) is 43.2 Å². The van der Waals surface area contributed by atoms with Gasteiger partial charge in [-0.1, -0.05) is 58.4 Å². The van der Waals surface area contributed by atoms with E-state index in [0.717, 1.165) is 21.1 Å². The van der Waals surface area contributed by atoms with E-state index < -0.39 is 0 Å². The summed E-state index contributed by atoms with van der Waals surface area (Å²) in [6.45, 7) is 4.44. The van der Waals surface area contributed by atoms with Crippen LogP contribution in [0.1, 0.15) is 29.9 Å². The van der Waals surface area contributed by atoms with Crippen molar-refractivity contribution in [1.82, 2.24) is 15.0 Å². The van der Waals surface area contributed by atoms with E-state index in [9.17, 15) is 0 Å². The third-order valence-electron chi connectivity index (χ3n) is 4.56. The van der Waals surface area contributed by atoms with Crippen LogP contribution in [0.5, 0.6) is 5.88 Å². The Morgan fingerprint density at radius 2 is 1.79 bits per heavy atom. The van der Waals surface area contributed by atoms with Gasteiger partial charge in [0.15, 0.2) is 5.82 Å². The largest absolute Gasteiger partial charge is 0.473 e. The van der Waals surface area contributed by atoms with E-state index in [1.807, 2.05) is 61.5 Å². The zero-order chi connectivity index (χ0) is 20.2. The standard InChI is InChI=1S/C23H21BrN4O/c1-15(18-9-6-10-19(24)13-18)25-23-22-20(26-16(2)27-23)11-12-21(28-22)29-14-17-7-4-3-5-8-17/h3-13,15H,14H2,1-2H3,(H,25,26,27). The summed E-state index contributed by atoms with van der Waals surface area (Å²) < 4.78 is 6.93. The molecule has 0 aliphatic heterocycles. The smallest absolute Gasteiger partial charge is 0.214 e. The maximum atomic E-state index is 5.89. The summed E-state index contributed by atoms with van der Waals surface area (Å²) >= 11 is 3.53. The molecular weight excluding hydrogens is 428 g/mol. The molecule has 0 saturated carbocycles. The highest BCUT2D eigenvalue weighted by Crippen LogP contribution is 2.26. The Bertz CT molecular complexity index is 1130. The Hall–Kier alpha value is -2.99. The number of aromatic nitrogens is 3. The van der Waals surface area contributed by atoms with Gasteiger partial charge in [-0.25, -0.2) is 15.0 Å². The molecule has 0 radical (unpaired) electrons. The molecule has 0 aliphatic carbocycles. The van der Waals surface area contributed by atoms with Gasteiger partial charge >= 0.3 is 0 Å². The van der Waals surface area contributed by atoms with Crippen molar-refractivity contribution in [1.29, 1.82) is 0 Å². The molecule has 4 aromatic rings. The van der Waals surface area contributed by atoms with Crippen LogP contribution in [0.3, 0.4) is 0 Å². The van der Waals surface area contributed by atoms with E-state index in [-0.39, 0.29) is 6.04 Å². The van der Waals surface area contributed by atoms with Crippen molar-refractivity contribution in [2.45, 2.75) is 26.5 Å². The van der Waals surface area contributed by atoms with Crippen LogP contribution in [-0.4, -0.2) is 15.0 Å². The second-order valence-corrected chi connectivity index (χ2v) is 7.75. The third-order valence-corrected chi connectivity index (χ3v) is 5.05. The van der Waals surface area contributed by atoms with E-state index in [1.165, 1.54) is 0 Å². The normalized spacial score (nSPS) is 12.0. The van der Waals surface area contributed by atoms with Crippen molar-refractivity contribution in [2.75, 3.05) is 5.32 Å². The molecule has 1 atom stereocenters. The van der Waals surface area contributed by atoms with Crippen LogP contribution in [0.4, 0.5) is 5.82 Å². The molecule has 2 aromatic carbocycles. The highest BCUT2D eigenvalue weighted by atomic mass is 79.9. The van der Waals surface area contributed by atoms with Crippen molar-refractivity contribution < 1.29 is 4.74 Å². The molecule has 5 nitrogen and oxygen atoms in total. The second kappa shape index (κ2) is 8.57. The van der Waals surface area contributed by atoms with Gasteiger partial charge in [-0.15, -0.1) is 0 Å². The predicted molar refractivity (Wildman–Crippen MR) is 119 cm³/mol. The minimum Gasteiger partial charge on any atom is -0.473 e. The van der Waals surface area contributed by atoms with Crippen LogP contribution in [-0.2, 0) is 6.61 Å². The number of halogens is 1. The first-order chi connectivity index (χ1) is 14.1. The first-order valence-electron chi connectivity index (χ1n) is 9.42. The molecule has 29 heavy (non-hydrogen) atoms. The van der Waals surface area contributed by atoms with Crippen molar-refractivity contribution in [2.24, 2.45) is 0 Å². The number of pyridine rings is 1. The fraction of sp³-hybridized carbons (Fsp3) is 0.174. The lowest BCUT2D eigenvalue weighted by atomic mass is 10.1. The molecule has 0 amide bonds. The van der Waals surface area contributed by atoms with Crippen LogP contribution in [0, 0.1) is 6.92 Å². The number of aryl methyl sites for hydroxylation is 1. The van der Waals surface area contributed by atoms with Gasteiger partial charge in [0.05, 0.1) is 11.6 Å². The van der Waals surface area contributed by atoms with Gasteiger partial charge in [0.2, 0.25) is 5.88 Å². The van der Waals surface area contributed by atoms with Crippen molar-refractivity contribution >= 4 is 32.8 Å². The lowest BCUT2D eigenvalue weighted by molar-refractivity contribution is 0.295. The molecule has 6 heteroatoms. The van der Waals surface area contributed by atoms with E-state index in [1.54, 1.807) is 0 Å². The number of fused-ring (bicyclic) bond motifs is 1. The Kier molecular flexibility index (Phi) is 5.71. The van der Waals surface area contributed by atoms with Crippen LogP contribution in [0.2, 0.25) is 0 Å². The minimum absolute atomic E-state index is 0.0562. The molecule has 0 spiro atoms. The highest BCUT2D eigenvalue weighted by molar-refractivity contribution is 9.10. The number of rotatable bonds is 6. The maximum absolute atomic E-state index is 5.89. The summed E-state index contributed by atoms with van der Waals surface area (Å²) in [7, 11) is 0. The molecule has 2 heterocycles. The van der Waals surface area contributed by atoms with Crippen LogP contribution in [0.25, 0.3) is 11.0 Å². The van der Waals surface area contributed by atoms with Gasteiger partial charge in [0.1, 0.15) is 17.9 Å². The second-order valence-electron chi connectivity index (χ2n) is 6.83. The van der Waals surface area contributed by atoms with E-state index in [4.69, 9.17) is 4.74 Å². The fourth-order valence-electron chi connectivity index (χ4n) is 3.09. The number of ether oxygens (including phenoxy) is 1. The fourth-order valence-corrected chi connectivity index (χ4v) is 3.51. The van der Waals surface area contributed by atoms with Gasteiger partial charge in [0.25, 0.3) is 0 Å². The SMILES string of the molecule is Cc1nc(NC(C)c2cccc(Br)c2)c2nc(OCc3ccccc3)ccc2n1. The molecule has 146 valence electrons. The first kappa shape index (κ1) is 19.3. The molecule has 1 N–H and O–H groups in total. The van der Waals surface area contributed by atoms with E-state index >= 15 is 0 Å². The van der Waals surface area contributed by atoms with Crippen LogP contribution >= 0.6 is 15.9 Å². The van der Waals surface area contributed by atoms with Gasteiger partial charge in [-0.3, -0.25) is 0 Å². The average molecular weight is 449 g/mol.